The van der Waals surface area contributed by atoms with Gasteiger partial charge in [0.25, 0.3) is 0 Å². The van der Waals surface area contributed by atoms with Gasteiger partial charge in [0, 0.05) is 25.2 Å². The molecular formula is C15H28N6O. The van der Waals surface area contributed by atoms with Crippen molar-refractivity contribution in [2.24, 2.45) is 0 Å². The number of piperidine rings is 1. The molecule has 0 aromatic carbocycles. The maximum Gasteiger partial charge on any atom is 0.315 e. The van der Waals surface area contributed by atoms with Crippen LogP contribution in [0.15, 0.2) is 6.33 Å². The van der Waals surface area contributed by atoms with Crippen LogP contribution in [0.3, 0.4) is 0 Å². The first-order valence-electron chi connectivity index (χ1n) is 8.26. The number of hydrogen-bond donors (Lipinski definition) is 2. The van der Waals surface area contributed by atoms with Crippen molar-refractivity contribution in [1.29, 1.82) is 0 Å². The lowest BCUT2D eigenvalue weighted by molar-refractivity contribution is 0.114. The molecule has 1 saturated heterocycles. The molecule has 1 aliphatic heterocycles. The summed E-state index contributed by atoms with van der Waals surface area (Å²) in [5.74, 6) is 0.773. The van der Waals surface area contributed by atoms with Gasteiger partial charge in [0.15, 0.2) is 5.82 Å². The van der Waals surface area contributed by atoms with Crippen molar-refractivity contribution in [3.63, 3.8) is 0 Å². The number of nitrogens with zero attached hydrogens (tertiary/aromatic N) is 4. The van der Waals surface area contributed by atoms with E-state index >= 15 is 0 Å². The third-order valence-corrected chi connectivity index (χ3v) is 4.42. The number of urea groups is 1. The molecule has 2 atom stereocenters. The molecule has 0 spiro atoms. The number of rotatable bonds is 6. The largest absolute Gasteiger partial charge is 0.337 e. The number of amides is 2. The van der Waals surface area contributed by atoms with Crippen LogP contribution in [0.5, 0.6) is 0 Å². The minimum atomic E-state index is -0.151. The molecule has 2 heterocycles. The van der Waals surface area contributed by atoms with E-state index in [4.69, 9.17) is 0 Å². The number of carbonyl (C=O) groups excluding carboxylic acids is 1. The Morgan fingerprint density at radius 1 is 1.45 bits per heavy atom. The monoisotopic (exact) mass is 308 g/mol. The Morgan fingerprint density at radius 3 is 3.00 bits per heavy atom. The van der Waals surface area contributed by atoms with Gasteiger partial charge in [-0.15, -0.1) is 10.2 Å². The molecule has 124 valence electrons. The summed E-state index contributed by atoms with van der Waals surface area (Å²) in [5, 5.41) is 13.6. The van der Waals surface area contributed by atoms with Crippen LogP contribution in [0.25, 0.3) is 0 Å². The van der Waals surface area contributed by atoms with E-state index in [-0.39, 0.29) is 6.03 Å². The zero-order chi connectivity index (χ0) is 15.9. The van der Waals surface area contributed by atoms with E-state index in [1.54, 1.807) is 6.33 Å². The minimum Gasteiger partial charge on any atom is -0.337 e. The zero-order valence-electron chi connectivity index (χ0n) is 13.9. The van der Waals surface area contributed by atoms with Crippen LogP contribution in [0.2, 0.25) is 0 Å². The summed E-state index contributed by atoms with van der Waals surface area (Å²) in [6.45, 7) is 9.46. The van der Waals surface area contributed by atoms with Crippen LogP contribution in [-0.4, -0.2) is 50.9 Å². The van der Waals surface area contributed by atoms with E-state index in [1.807, 2.05) is 11.5 Å². The van der Waals surface area contributed by atoms with Gasteiger partial charge in [-0.2, -0.15) is 0 Å². The predicted octanol–water partition coefficient (Wildman–Crippen LogP) is 1.36. The summed E-state index contributed by atoms with van der Waals surface area (Å²) in [5.41, 5.74) is 0. The third-order valence-electron chi connectivity index (χ3n) is 4.42. The molecule has 1 fully saturated rings. The lowest BCUT2D eigenvalue weighted by atomic mass is 10.0. The van der Waals surface area contributed by atoms with Crippen molar-refractivity contribution in [1.82, 2.24) is 30.3 Å². The predicted molar refractivity (Wildman–Crippen MR) is 85.4 cm³/mol. The van der Waals surface area contributed by atoms with E-state index in [9.17, 15) is 4.79 Å². The summed E-state index contributed by atoms with van der Waals surface area (Å²) in [6.07, 6.45) is 5.50. The van der Waals surface area contributed by atoms with Gasteiger partial charge in [-0.05, 0) is 40.2 Å². The molecule has 0 aliphatic carbocycles. The van der Waals surface area contributed by atoms with Crippen molar-refractivity contribution in [3.8, 4) is 0 Å². The lowest BCUT2D eigenvalue weighted by Crippen LogP contribution is -2.49. The zero-order valence-corrected chi connectivity index (χ0v) is 13.9. The lowest BCUT2D eigenvalue weighted by Gasteiger charge is -2.38. The van der Waals surface area contributed by atoms with Gasteiger partial charge in [0.2, 0.25) is 0 Å². The maximum atomic E-state index is 11.9. The SMILES string of the molecule is CCn1cnnc1CNC(=O)NC[C@H](C)N1CCCC[C@H]1C. The highest BCUT2D eigenvalue weighted by Gasteiger charge is 2.23. The number of aryl methyl sites for hydroxylation is 1. The Bertz CT molecular complexity index is 474. The number of likely N-dealkylation sites (tertiary alicyclic amines) is 1. The maximum absolute atomic E-state index is 11.9. The molecule has 0 radical (unpaired) electrons. The molecule has 2 N–H and O–H groups in total. The van der Waals surface area contributed by atoms with E-state index in [1.165, 1.54) is 19.3 Å². The highest BCUT2D eigenvalue weighted by Crippen LogP contribution is 2.18. The second-order valence-corrected chi connectivity index (χ2v) is 6.03. The normalized spacial score (nSPS) is 20.6. The van der Waals surface area contributed by atoms with Crippen molar-refractivity contribution in [2.75, 3.05) is 13.1 Å². The Balaban J connectivity index is 1.71. The van der Waals surface area contributed by atoms with E-state index in [2.05, 4.69) is 39.6 Å². The van der Waals surface area contributed by atoms with Crippen LogP contribution in [0.4, 0.5) is 4.79 Å². The molecule has 1 aromatic heterocycles. The van der Waals surface area contributed by atoms with Gasteiger partial charge in [0.05, 0.1) is 6.54 Å². The molecular weight excluding hydrogens is 280 g/mol. The summed E-state index contributed by atoms with van der Waals surface area (Å²) in [7, 11) is 0. The molecule has 0 saturated carbocycles. The first-order valence-corrected chi connectivity index (χ1v) is 8.26. The van der Waals surface area contributed by atoms with Crippen molar-refractivity contribution < 1.29 is 4.79 Å². The molecule has 0 unspecified atom stereocenters. The number of carbonyl (C=O) groups is 1. The van der Waals surface area contributed by atoms with Crippen LogP contribution < -0.4 is 10.6 Å². The molecule has 2 amide bonds. The number of nitrogens with one attached hydrogen (secondary N) is 2. The Hall–Kier alpha value is -1.63. The quantitative estimate of drug-likeness (QED) is 0.832. The van der Waals surface area contributed by atoms with Gasteiger partial charge < -0.3 is 15.2 Å². The number of hydrogen-bond acceptors (Lipinski definition) is 4. The van der Waals surface area contributed by atoms with Crippen LogP contribution >= 0.6 is 0 Å². The summed E-state index contributed by atoms with van der Waals surface area (Å²) in [6, 6.07) is 0.819. The fourth-order valence-corrected chi connectivity index (χ4v) is 3.03. The molecule has 1 aliphatic rings. The smallest absolute Gasteiger partial charge is 0.315 e. The molecule has 7 nitrogen and oxygen atoms in total. The van der Waals surface area contributed by atoms with Crippen molar-refractivity contribution >= 4 is 6.03 Å². The van der Waals surface area contributed by atoms with Crippen LogP contribution in [0.1, 0.15) is 45.9 Å². The molecule has 2 rings (SSSR count). The fraction of sp³-hybridized carbons (Fsp3) is 0.800. The second kappa shape index (κ2) is 8.12. The van der Waals surface area contributed by atoms with Gasteiger partial charge in [-0.25, -0.2) is 4.79 Å². The Morgan fingerprint density at radius 2 is 2.27 bits per heavy atom. The van der Waals surface area contributed by atoms with E-state index in [0.717, 1.165) is 18.9 Å². The Labute approximate surface area is 132 Å². The summed E-state index contributed by atoms with van der Waals surface area (Å²) < 4.78 is 1.91. The molecule has 7 heteroatoms. The Kier molecular flexibility index (Phi) is 6.18. The van der Waals surface area contributed by atoms with E-state index in [0.29, 0.717) is 25.2 Å². The minimum absolute atomic E-state index is 0.151. The number of aromatic nitrogens is 3. The topological polar surface area (TPSA) is 75.1 Å². The van der Waals surface area contributed by atoms with Crippen LogP contribution in [0, 0.1) is 0 Å². The highest BCUT2D eigenvalue weighted by molar-refractivity contribution is 5.73. The molecule has 22 heavy (non-hydrogen) atoms. The molecule has 1 aromatic rings. The van der Waals surface area contributed by atoms with Gasteiger partial charge >= 0.3 is 6.03 Å². The first kappa shape index (κ1) is 16.7. The average Bonchev–Trinajstić information content (AvgIpc) is 2.98. The fourth-order valence-electron chi connectivity index (χ4n) is 3.03. The van der Waals surface area contributed by atoms with Crippen molar-refractivity contribution in [3.05, 3.63) is 12.2 Å². The van der Waals surface area contributed by atoms with Gasteiger partial charge in [0.1, 0.15) is 6.33 Å². The standard InChI is InChI=1S/C15H28N6O/c1-4-20-11-18-19-14(20)10-17-15(22)16-9-13(3)21-8-6-5-7-12(21)2/h11-13H,4-10H2,1-3H3,(H2,16,17,22)/t12-,13+/m1/s1. The van der Waals surface area contributed by atoms with Crippen molar-refractivity contribution in [2.45, 2.75) is 65.2 Å². The molecule has 0 bridgehead atoms. The average molecular weight is 308 g/mol. The summed E-state index contributed by atoms with van der Waals surface area (Å²) >= 11 is 0. The van der Waals surface area contributed by atoms with Gasteiger partial charge in [-0.3, -0.25) is 4.90 Å². The van der Waals surface area contributed by atoms with Gasteiger partial charge in [-0.1, -0.05) is 6.42 Å². The first-order chi connectivity index (χ1) is 10.6. The summed E-state index contributed by atoms with van der Waals surface area (Å²) in [4.78, 5) is 14.4. The van der Waals surface area contributed by atoms with Crippen LogP contribution in [-0.2, 0) is 13.1 Å². The van der Waals surface area contributed by atoms with E-state index < -0.39 is 0 Å². The third kappa shape index (κ3) is 4.43. The second-order valence-electron chi connectivity index (χ2n) is 6.03. The highest BCUT2D eigenvalue weighted by atomic mass is 16.2.